The van der Waals surface area contributed by atoms with E-state index in [1.807, 2.05) is 17.5 Å². The van der Waals surface area contributed by atoms with Crippen molar-refractivity contribution in [2.24, 2.45) is 0 Å². The molecular weight excluding hydrogens is 240 g/mol. The molecule has 90 valence electrons. The number of aromatic hydroxyl groups is 1. The molecule has 17 heavy (non-hydrogen) atoms. The Morgan fingerprint density at radius 3 is 3.06 bits per heavy atom. The first kappa shape index (κ1) is 11.8. The average molecular weight is 252 g/mol. The standard InChI is InChI=1S/C11H12N2O3S/c1-16-5-4-13-10(15)7-8(14)11(12-13)9-3-2-6-17-9/h2-3,6-7,14H,4-5H2,1H3. The first-order valence-corrected chi connectivity index (χ1v) is 5.94. The Morgan fingerprint density at radius 1 is 1.59 bits per heavy atom. The van der Waals surface area contributed by atoms with Crippen LogP contribution in [0.25, 0.3) is 10.6 Å². The zero-order chi connectivity index (χ0) is 12.3. The number of hydrogen-bond donors (Lipinski definition) is 1. The van der Waals surface area contributed by atoms with Gasteiger partial charge in [0.1, 0.15) is 11.4 Å². The van der Waals surface area contributed by atoms with Crippen molar-refractivity contribution in [1.82, 2.24) is 9.78 Å². The SMILES string of the molecule is COCCn1nc(-c2cccs2)c(O)cc1=O. The summed E-state index contributed by atoms with van der Waals surface area (Å²) in [6.07, 6.45) is 0. The maximum Gasteiger partial charge on any atom is 0.270 e. The molecule has 0 amide bonds. The van der Waals surface area contributed by atoms with E-state index in [2.05, 4.69) is 5.10 Å². The number of hydrogen-bond acceptors (Lipinski definition) is 5. The Kier molecular flexibility index (Phi) is 3.55. The summed E-state index contributed by atoms with van der Waals surface area (Å²) in [6, 6.07) is 4.89. The van der Waals surface area contributed by atoms with Crippen molar-refractivity contribution in [3.8, 4) is 16.3 Å². The van der Waals surface area contributed by atoms with Crippen LogP contribution in [0.3, 0.4) is 0 Å². The minimum Gasteiger partial charge on any atom is -0.505 e. The van der Waals surface area contributed by atoms with Crippen LogP contribution in [0.5, 0.6) is 5.75 Å². The molecule has 0 aliphatic heterocycles. The second-order valence-electron chi connectivity index (χ2n) is 3.41. The Labute approximate surface area is 102 Å². The molecule has 0 saturated heterocycles. The highest BCUT2D eigenvalue weighted by atomic mass is 32.1. The van der Waals surface area contributed by atoms with Gasteiger partial charge in [0.15, 0.2) is 0 Å². The van der Waals surface area contributed by atoms with Gasteiger partial charge < -0.3 is 9.84 Å². The smallest absolute Gasteiger partial charge is 0.270 e. The normalized spacial score (nSPS) is 10.6. The summed E-state index contributed by atoms with van der Waals surface area (Å²) in [5.41, 5.74) is 0.0931. The van der Waals surface area contributed by atoms with Gasteiger partial charge in [-0.3, -0.25) is 4.79 Å². The van der Waals surface area contributed by atoms with Gasteiger partial charge in [-0.15, -0.1) is 11.3 Å². The molecular formula is C11H12N2O3S. The molecule has 2 aromatic rings. The van der Waals surface area contributed by atoms with Gasteiger partial charge in [0.2, 0.25) is 0 Å². The molecule has 0 spiro atoms. The molecule has 0 aliphatic rings. The number of aromatic nitrogens is 2. The lowest BCUT2D eigenvalue weighted by molar-refractivity contribution is 0.181. The largest absolute Gasteiger partial charge is 0.505 e. The maximum absolute atomic E-state index is 11.6. The van der Waals surface area contributed by atoms with Gasteiger partial charge in [-0.1, -0.05) is 6.07 Å². The van der Waals surface area contributed by atoms with Crippen LogP contribution in [-0.4, -0.2) is 28.6 Å². The van der Waals surface area contributed by atoms with Gasteiger partial charge in [-0.25, -0.2) is 4.68 Å². The van der Waals surface area contributed by atoms with Gasteiger partial charge in [-0.2, -0.15) is 5.10 Å². The lowest BCUT2D eigenvalue weighted by atomic mass is 10.3. The van der Waals surface area contributed by atoms with Crippen LogP contribution in [0.4, 0.5) is 0 Å². The topological polar surface area (TPSA) is 64.3 Å². The summed E-state index contributed by atoms with van der Waals surface area (Å²) in [5.74, 6) is -0.0916. The van der Waals surface area contributed by atoms with E-state index >= 15 is 0 Å². The first-order chi connectivity index (χ1) is 8.22. The zero-order valence-corrected chi connectivity index (χ0v) is 10.1. The van der Waals surface area contributed by atoms with Crippen molar-refractivity contribution in [3.63, 3.8) is 0 Å². The van der Waals surface area contributed by atoms with Crippen molar-refractivity contribution in [1.29, 1.82) is 0 Å². The van der Waals surface area contributed by atoms with E-state index in [0.717, 1.165) is 4.88 Å². The van der Waals surface area contributed by atoms with Crippen molar-refractivity contribution in [2.75, 3.05) is 13.7 Å². The van der Waals surface area contributed by atoms with Crippen molar-refractivity contribution >= 4 is 11.3 Å². The van der Waals surface area contributed by atoms with Crippen molar-refractivity contribution in [2.45, 2.75) is 6.54 Å². The van der Waals surface area contributed by atoms with Crippen LogP contribution >= 0.6 is 11.3 Å². The molecule has 6 heteroatoms. The molecule has 0 radical (unpaired) electrons. The second kappa shape index (κ2) is 5.11. The lowest BCUT2D eigenvalue weighted by Gasteiger charge is -2.07. The molecule has 5 nitrogen and oxygen atoms in total. The van der Waals surface area contributed by atoms with Crippen LogP contribution in [0, 0.1) is 0 Å². The summed E-state index contributed by atoms with van der Waals surface area (Å²) in [5, 5.41) is 15.7. The fourth-order valence-electron chi connectivity index (χ4n) is 1.41. The molecule has 0 aliphatic carbocycles. The van der Waals surface area contributed by atoms with E-state index in [1.54, 1.807) is 7.11 Å². The van der Waals surface area contributed by atoms with Crippen LogP contribution < -0.4 is 5.56 Å². The Bertz CT molecular complexity index is 548. The van der Waals surface area contributed by atoms with Gasteiger partial charge >= 0.3 is 0 Å². The predicted octanol–water partition coefficient (Wildman–Crippen LogP) is 1.32. The summed E-state index contributed by atoms with van der Waals surface area (Å²) in [4.78, 5) is 12.4. The number of methoxy groups -OCH3 is 1. The monoisotopic (exact) mass is 252 g/mol. The quantitative estimate of drug-likeness (QED) is 0.891. The van der Waals surface area contributed by atoms with Crippen LogP contribution in [0.1, 0.15) is 0 Å². The fourth-order valence-corrected chi connectivity index (χ4v) is 2.13. The predicted molar refractivity (Wildman–Crippen MR) is 65.4 cm³/mol. The average Bonchev–Trinajstić information content (AvgIpc) is 2.81. The van der Waals surface area contributed by atoms with E-state index in [4.69, 9.17) is 4.74 Å². The summed E-state index contributed by atoms with van der Waals surface area (Å²) in [6.45, 7) is 0.773. The minimum atomic E-state index is -0.333. The molecule has 0 saturated carbocycles. The number of ether oxygens (including phenoxy) is 1. The third-order valence-corrected chi connectivity index (χ3v) is 3.12. The zero-order valence-electron chi connectivity index (χ0n) is 9.29. The van der Waals surface area contributed by atoms with Crippen LogP contribution in [0.2, 0.25) is 0 Å². The third-order valence-electron chi connectivity index (χ3n) is 2.24. The Morgan fingerprint density at radius 2 is 2.41 bits per heavy atom. The van der Waals surface area contributed by atoms with Gasteiger partial charge in [0.25, 0.3) is 5.56 Å². The lowest BCUT2D eigenvalue weighted by Crippen LogP contribution is -2.24. The number of thiophene rings is 1. The number of nitrogens with zero attached hydrogens (tertiary/aromatic N) is 2. The van der Waals surface area contributed by atoms with Gasteiger partial charge in [0, 0.05) is 13.2 Å². The Balaban J connectivity index is 2.43. The third kappa shape index (κ3) is 2.54. The van der Waals surface area contributed by atoms with E-state index in [9.17, 15) is 9.90 Å². The molecule has 0 unspecified atom stereocenters. The maximum atomic E-state index is 11.6. The molecule has 2 aromatic heterocycles. The molecule has 0 fully saturated rings. The minimum absolute atomic E-state index is 0.0916. The molecule has 2 rings (SSSR count). The van der Waals surface area contributed by atoms with E-state index < -0.39 is 0 Å². The van der Waals surface area contributed by atoms with E-state index in [0.29, 0.717) is 18.8 Å². The first-order valence-electron chi connectivity index (χ1n) is 5.06. The number of rotatable bonds is 4. The van der Waals surface area contributed by atoms with E-state index in [-0.39, 0.29) is 11.3 Å². The highest BCUT2D eigenvalue weighted by Crippen LogP contribution is 2.28. The summed E-state index contributed by atoms with van der Waals surface area (Å²) < 4.78 is 6.19. The molecule has 0 bridgehead atoms. The molecule has 0 atom stereocenters. The van der Waals surface area contributed by atoms with Crippen LogP contribution in [-0.2, 0) is 11.3 Å². The summed E-state index contributed by atoms with van der Waals surface area (Å²) in [7, 11) is 1.56. The molecule has 2 heterocycles. The van der Waals surface area contributed by atoms with Crippen LogP contribution in [0.15, 0.2) is 28.4 Å². The molecule has 1 N–H and O–H groups in total. The van der Waals surface area contributed by atoms with Crippen molar-refractivity contribution in [3.05, 3.63) is 33.9 Å². The summed E-state index contributed by atoms with van der Waals surface area (Å²) >= 11 is 1.46. The van der Waals surface area contributed by atoms with E-state index in [1.165, 1.54) is 22.1 Å². The van der Waals surface area contributed by atoms with Gasteiger partial charge in [0.05, 0.1) is 18.0 Å². The van der Waals surface area contributed by atoms with Crippen molar-refractivity contribution < 1.29 is 9.84 Å². The van der Waals surface area contributed by atoms with Gasteiger partial charge in [-0.05, 0) is 11.4 Å². The Hall–Kier alpha value is -1.66. The highest BCUT2D eigenvalue weighted by Gasteiger charge is 2.10. The second-order valence-corrected chi connectivity index (χ2v) is 4.36. The highest BCUT2D eigenvalue weighted by molar-refractivity contribution is 7.13. The fraction of sp³-hybridized carbons (Fsp3) is 0.273. The molecule has 0 aromatic carbocycles.